The number of ether oxygens (including phenoxy) is 5. The summed E-state index contributed by atoms with van der Waals surface area (Å²) in [5, 5.41) is 74.9. The van der Waals surface area contributed by atoms with Crippen LogP contribution >= 0.6 is 15.9 Å². The van der Waals surface area contributed by atoms with Gasteiger partial charge in [-0.3, -0.25) is 25.0 Å². The maximum Gasteiger partial charge on any atom is 1.00 e. The molecule has 563 valence electrons. The van der Waals surface area contributed by atoms with Crippen molar-refractivity contribution in [3.63, 3.8) is 0 Å². The third-order valence-corrected chi connectivity index (χ3v) is 18.5. The number of carbonyl (C=O) groups is 4. The fourth-order valence-electron chi connectivity index (χ4n) is 7.38. The van der Waals surface area contributed by atoms with Crippen molar-refractivity contribution >= 4 is 63.3 Å². The van der Waals surface area contributed by atoms with Crippen molar-refractivity contribution in [3.8, 4) is 34.5 Å². The Morgan fingerprint density at radius 2 is 0.854 bits per heavy atom. The molecule has 24 nitrogen and oxygen atoms in total. The zero-order valence-corrected chi connectivity index (χ0v) is 67.4. The van der Waals surface area contributed by atoms with Crippen LogP contribution in [0.3, 0.4) is 0 Å². The van der Waals surface area contributed by atoms with E-state index in [9.17, 15) is 49.6 Å². The van der Waals surface area contributed by atoms with Crippen molar-refractivity contribution in [2.45, 2.75) is 157 Å². The molecular formula is C75H109BBrN5NaO19Si. The molecule has 0 aliphatic carbocycles. The number of halogens is 1. The second-order valence-electron chi connectivity index (χ2n) is 26.4. The van der Waals surface area contributed by atoms with E-state index in [0.29, 0.717) is 75.1 Å². The summed E-state index contributed by atoms with van der Waals surface area (Å²) in [5.74, 6) is 2.01. The molecule has 0 fully saturated rings. The number of aliphatic hydroxyl groups is 1. The molecular weight excluding hydrogens is 1420 g/mol. The number of nitrogens with one attached hydrogen (secondary N) is 3. The van der Waals surface area contributed by atoms with Gasteiger partial charge in [-0.05, 0) is 165 Å². The molecule has 0 saturated carbocycles. The number of aldehydes is 1. The number of para-hydroxylation sites is 6. The van der Waals surface area contributed by atoms with Gasteiger partial charge in [-0.15, -0.1) is 0 Å². The van der Waals surface area contributed by atoms with E-state index in [0.717, 1.165) is 39.7 Å². The van der Waals surface area contributed by atoms with Gasteiger partial charge in [0, 0.05) is 61.9 Å². The molecule has 0 atom stereocenters. The van der Waals surface area contributed by atoms with Crippen LogP contribution in [0.1, 0.15) is 136 Å². The average molecular weight is 1530 g/mol. The van der Waals surface area contributed by atoms with E-state index < -0.39 is 53.2 Å². The van der Waals surface area contributed by atoms with Crippen LogP contribution in [0.5, 0.6) is 34.5 Å². The Labute approximate surface area is 643 Å². The second kappa shape index (κ2) is 53.6. The Kier molecular flexibility index (Phi) is 51.5. The van der Waals surface area contributed by atoms with Crippen molar-refractivity contribution in [1.82, 2.24) is 16.0 Å². The van der Waals surface area contributed by atoms with E-state index in [-0.39, 0.29) is 93.6 Å². The van der Waals surface area contributed by atoms with E-state index in [2.05, 4.69) is 72.7 Å². The number of hydrogen-bond acceptors (Lipinski definition) is 19. The summed E-state index contributed by atoms with van der Waals surface area (Å²) >= 11 is 3.25. The number of hydrogen-bond donors (Lipinski definition) is 8. The number of aromatic hydroxyl groups is 4. The largest absolute Gasteiger partial charge is 1.00 e. The van der Waals surface area contributed by atoms with Gasteiger partial charge < -0.3 is 71.0 Å². The smallest absolute Gasteiger partial charge is 1.00 e. The first-order chi connectivity index (χ1) is 47.3. The number of alkyl halides is 1. The molecule has 6 rings (SSSR count). The predicted molar refractivity (Wildman–Crippen MR) is 408 cm³/mol. The molecule has 0 unspecified atom stereocenters. The molecule has 28 heteroatoms. The number of phenols is 4. The fourth-order valence-corrected chi connectivity index (χ4v) is 8.40. The van der Waals surface area contributed by atoms with Crippen LogP contribution in [0.4, 0.5) is 14.4 Å². The number of carbonyl (C=O) groups excluding carboxylic acids is 4. The standard InChI is InChI=1S/C21H37NO4Si.C15H23NO4.C13H19NO3.C8H9NO3.C8H7NO3.C7H6O2.C3H7Br.B.Na.H/c1-20(2,3)26-19(23)22-14-13-17-11-9-10-12-18(17)24-15-16-25-27(7,8)21(4,5)6;1-15(2,3)20-14(18)16-9-8-12-6-4-5-7-13(12)19-11-10-17;1-13(2,3)17-12(16)14-9-8-10-6-4-5-7-11(10)15;2*10-8-4-2-1-3-7(8)5-6-9(11)12;8-5-6-3-1-2-4-7(6)9;1-2-3-4;;;/h9-12H,13-16H2,1-8H3,(H,22,23);4-7,17H,8-11H2,1-3H3,(H,16,18);4-7,15H,8-9H2,1-3H3,(H,14,16);1-4,10H,5-6H2;1-6,10H;1-5,9H;2-3H2,1H3;;;/q;;;;;;;;+1;-1/b;;;;6-5+;;;;;. The molecule has 0 heterocycles. The summed E-state index contributed by atoms with van der Waals surface area (Å²) < 4.78 is 33.0. The quantitative estimate of drug-likeness (QED) is 0.00531. The van der Waals surface area contributed by atoms with Crippen LogP contribution in [-0.4, -0.2) is 151 Å². The summed E-state index contributed by atoms with van der Waals surface area (Å²) in [6.07, 6.45) is 4.80. The normalized spacial score (nSPS) is 10.7. The molecule has 0 aromatic heterocycles. The van der Waals surface area contributed by atoms with Crippen molar-refractivity contribution in [2.75, 3.05) is 57.9 Å². The van der Waals surface area contributed by atoms with Crippen LogP contribution in [0, 0.1) is 20.2 Å². The van der Waals surface area contributed by atoms with Gasteiger partial charge in [0.25, 0.3) is 0 Å². The molecule has 0 spiro atoms. The maximum absolute atomic E-state index is 11.7. The van der Waals surface area contributed by atoms with Crippen LogP contribution in [-0.2, 0) is 44.3 Å². The first-order valence-electron chi connectivity index (χ1n) is 32.9. The number of rotatable bonds is 24. The molecule has 103 heavy (non-hydrogen) atoms. The number of alkyl carbamates (subject to hydrolysis) is 3. The van der Waals surface area contributed by atoms with Gasteiger partial charge in [-0.1, -0.05) is 147 Å². The molecule has 6 aromatic carbocycles. The SMILES string of the molecule is CC(C)(C)OC(=O)NCCc1ccccc1O.CC(C)(C)OC(=O)NCCc1ccccc1OCCO.CC(C)(C)OC(=O)NCCc1ccccc1OCCO[Si](C)(C)C(C)(C)C.CCCBr.O=Cc1ccccc1O.O=[N+]([O-])/C=C/c1ccccc1O.O=[N+]([O-])CCc1ccccc1O.[B].[H-].[Na+]. The van der Waals surface area contributed by atoms with Gasteiger partial charge in [0.15, 0.2) is 14.6 Å². The Morgan fingerprint density at radius 3 is 1.17 bits per heavy atom. The Balaban J connectivity index is -0.000000585. The van der Waals surface area contributed by atoms with E-state index in [1.165, 1.54) is 30.7 Å². The van der Waals surface area contributed by atoms with Gasteiger partial charge in [0.2, 0.25) is 12.7 Å². The summed E-state index contributed by atoms with van der Waals surface area (Å²) in [6, 6.07) is 42.0. The molecule has 0 bridgehead atoms. The van der Waals surface area contributed by atoms with E-state index in [1.54, 1.807) is 66.7 Å². The zero-order valence-electron chi connectivity index (χ0n) is 63.8. The predicted octanol–water partition coefficient (Wildman–Crippen LogP) is 12.3. The van der Waals surface area contributed by atoms with Crippen LogP contribution in [0.25, 0.3) is 6.08 Å². The minimum Gasteiger partial charge on any atom is -1.00 e. The molecule has 0 aliphatic heterocycles. The fraction of sp³-hybridized carbons (Fsp3) is 0.440. The van der Waals surface area contributed by atoms with Crippen molar-refractivity contribution in [3.05, 3.63) is 205 Å². The maximum atomic E-state index is 11.7. The number of phenolic OH excluding ortho intramolecular Hbond substituents is 4. The Hall–Kier alpha value is -8.18. The van der Waals surface area contributed by atoms with Gasteiger partial charge in [0.1, 0.15) is 64.5 Å². The minimum absolute atomic E-state index is 0. The van der Waals surface area contributed by atoms with Crippen molar-refractivity contribution < 1.29 is 114 Å². The number of aliphatic hydroxyl groups excluding tert-OH is 1. The summed E-state index contributed by atoms with van der Waals surface area (Å²) in [7, 11) is -1.75. The van der Waals surface area contributed by atoms with Gasteiger partial charge >= 0.3 is 47.8 Å². The average Bonchev–Trinajstić information content (AvgIpc) is 0.846. The van der Waals surface area contributed by atoms with Crippen LogP contribution in [0.2, 0.25) is 18.1 Å². The number of nitrogens with zero attached hydrogens (tertiary/aromatic N) is 2. The first kappa shape index (κ1) is 99.0. The molecule has 0 saturated heterocycles. The second-order valence-corrected chi connectivity index (χ2v) is 32.0. The van der Waals surface area contributed by atoms with Crippen molar-refractivity contribution in [1.29, 1.82) is 0 Å². The van der Waals surface area contributed by atoms with Gasteiger partial charge in [-0.2, -0.15) is 0 Å². The summed E-state index contributed by atoms with van der Waals surface area (Å²) in [6.45, 7) is 32.4. The molecule has 3 radical (unpaired) electrons. The third kappa shape index (κ3) is 50.8. The van der Waals surface area contributed by atoms with E-state index in [1.807, 2.05) is 123 Å². The minimum atomic E-state index is -1.75. The molecule has 8 N–H and O–H groups in total. The van der Waals surface area contributed by atoms with Gasteiger partial charge in [-0.25, -0.2) is 14.4 Å². The molecule has 0 aliphatic rings. The number of amides is 3. The van der Waals surface area contributed by atoms with E-state index in [4.69, 9.17) is 43.4 Å². The van der Waals surface area contributed by atoms with Gasteiger partial charge in [0.05, 0.1) is 23.7 Å². The summed E-state index contributed by atoms with van der Waals surface area (Å²) in [4.78, 5) is 63.6. The molecule has 3 amide bonds. The Bertz CT molecular complexity index is 3420. The van der Waals surface area contributed by atoms with E-state index >= 15 is 0 Å². The number of nitro groups is 2. The summed E-state index contributed by atoms with van der Waals surface area (Å²) in [5.41, 5.74) is 2.77. The first-order valence-corrected chi connectivity index (χ1v) is 36.9. The monoisotopic (exact) mass is 1520 g/mol. The van der Waals surface area contributed by atoms with Crippen LogP contribution < -0.4 is 55.0 Å². The number of benzene rings is 6. The Morgan fingerprint density at radius 1 is 0.524 bits per heavy atom. The topological polar surface area (TPSA) is 347 Å². The van der Waals surface area contributed by atoms with Crippen molar-refractivity contribution in [2.24, 2.45) is 0 Å². The van der Waals surface area contributed by atoms with Crippen LogP contribution in [0.15, 0.2) is 152 Å². The third-order valence-electron chi connectivity index (χ3n) is 13.2. The zero-order chi connectivity index (χ0) is 76.7. The molecule has 6 aromatic rings.